The molecule has 11 heteroatoms. The smallest absolute Gasteiger partial charge is 0.490 e. The molecule has 1 aromatic heterocycles. The molecule has 3 aromatic rings. The zero-order valence-corrected chi connectivity index (χ0v) is 17.1. The Morgan fingerprint density at radius 1 is 1.16 bits per heavy atom. The van der Waals surface area contributed by atoms with Gasteiger partial charge in [-0.2, -0.15) is 18.3 Å². The Kier molecular flexibility index (Phi) is 7.04. The molecule has 1 aliphatic rings. The van der Waals surface area contributed by atoms with Crippen LogP contribution in [0.4, 0.5) is 18.9 Å². The third kappa shape index (κ3) is 6.01. The number of carboxylic acid groups (broad SMARTS) is 1. The molecular formula is C21H17ClF3N3O4. The van der Waals surface area contributed by atoms with Crippen LogP contribution in [0.3, 0.4) is 0 Å². The van der Waals surface area contributed by atoms with Gasteiger partial charge in [0.05, 0.1) is 12.1 Å². The number of carbonyl (C=O) groups excluding carboxylic acids is 1. The van der Waals surface area contributed by atoms with Crippen molar-refractivity contribution in [3.8, 4) is 16.9 Å². The number of alkyl halides is 3. The summed E-state index contributed by atoms with van der Waals surface area (Å²) in [6.07, 6.45) is -0.875. The van der Waals surface area contributed by atoms with Gasteiger partial charge in [-0.1, -0.05) is 23.7 Å². The molecule has 2 aromatic carbocycles. The quantitative estimate of drug-likeness (QED) is 0.524. The number of benzene rings is 2. The van der Waals surface area contributed by atoms with E-state index in [0.29, 0.717) is 18.1 Å². The summed E-state index contributed by atoms with van der Waals surface area (Å²) in [5.41, 5.74) is 3.77. The summed E-state index contributed by atoms with van der Waals surface area (Å²) in [6.45, 7) is 0.369. The van der Waals surface area contributed by atoms with Crippen molar-refractivity contribution in [3.05, 3.63) is 65.4 Å². The van der Waals surface area contributed by atoms with Gasteiger partial charge < -0.3 is 15.2 Å². The van der Waals surface area contributed by atoms with E-state index in [2.05, 4.69) is 15.5 Å². The molecule has 0 saturated heterocycles. The number of ether oxygens (including phenoxy) is 1. The number of rotatable bonds is 3. The number of aromatic amines is 1. The number of nitrogens with zero attached hydrogens (tertiary/aromatic N) is 1. The molecule has 0 saturated carbocycles. The topological polar surface area (TPSA) is 104 Å². The SMILES string of the molecule is O=C(Nc1ccc(-c2cn[nH]c2)cc1)C1COc2ccc(Cl)cc2C1.O=C(O)C(F)(F)F. The number of hydrogen-bond acceptors (Lipinski definition) is 4. The Hall–Kier alpha value is -3.53. The molecule has 1 amide bonds. The molecule has 0 fully saturated rings. The second-order valence-electron chi connectivity index (χ2n) is 6.82. The van der Waals surface area contributed by atoms with Crippen LogP contribution in [-0.4, -0.2) is 40.0 Å². The number of hydrogen-bond donors (Lipinski definition) is 3. The lowest BCUT2D eigenvalue weighted by Gasteiger charge is -2.24. The average molecular weight is 468 g/mol. The number of halogens is 4. The summed E-state index contributed by atoms with van der Waals surface area (Å²) in [5.74, 6) is -2.24. The average Bonchev–Trinajstić information content (AvgIpc) is 3.28. The molecule has 3 N–H and O–H groups in total. The number of fused-ring (bicyclic) bond motifs is 1. The molecule has 2 heterocycles. The van der Waals surface area contributed by atoms with Crippen molar-refractivity contribution >= 4 is 29.2 Å². The predicted octanol–water partition coefficient (Wildman–Crippen LogP) is 4.55. The minimum absolute atomic E-state index is 0.0540. The fourth-order valence-electron chi connectivity index (χ4n) is 2.93. The first-order chi connectivity index (χ1) is 15.1. The van der Waals surface area contributed by atoms with Gasteiger partial charge >= 0.3 is 12.1 Å². The maximum atomic E-state index is 12.5. The van der Waals surface area contributed by atoms with Crippen LogP contribution in [0.2, 0.25) is 5.02 Å². The zero-order valence-electron chi connectivity index (χ0n) is 16.3. The second-order valence-corrected chi connectivity index (χ2v) is 7.26. The third-order valence-electron chi connectivity index (χ3n) is 4.53. The summed E-state index contributed by atoms with van der Waals surface area (Å²) in [5, 5.41) is 17.5. The molecule has 4 rings (SSSR count). The van der Waals surface area contributed by atoms with Crippen molar-refractivity contribution in [1.29, 1.82) is 0 Å². The molecule has 0 spiro atoms. The predicted molar refractivity (Wildman–Crippen MR) is 110 cm³/mol. The van der Waals surface area contributed by atoms with Crippen molar-refractivity contribution in [2.75, 3.05) is 11.9 Å². The van der Waals surface area contributed by atoms with Crippen molar-refractivity contribution in [2.45, 2.75) is 12.6 Å². The van der Waals surface area contributed by atoms with E-state index in [9.17, 15) is 18.0 Å². The number of nitrogens with one attached hydrogen (secondary N) is 2. The van der Waals surface area contributed by atoms with Gasteiger partial charge in [0.15, 0.2) is 0 Å². The van der Waals surface area contributed by atoms with E-state index in [1.54, 1.807) is 12.3 Å². The fourth-order valence-corrected chi connectivity index (χ4v) is 3.13. The summed E-state index contributed by atoms with van der Waals surface area (Å²) >= 11 is 6.03. The number of H-pyrrole nitrogens is 1. The molecule has 32 heavy (non-hydrogen) atoms. The van der Waals surface area contributed by atoms with Crippen molar-refractivity contribution in [3.63, 3.8) is 0 Å². The van der Waals surface area contributed by atoms with Crippen molar-refractivity contribution in [2.24, 2.45) is 5.92 Å². The van der Waals surface area contributed by atoms with Gasteiger partial charge in [-0.25, -0.2) is 4.79 Å². The lowest BCUT2D eigenvalue weighted by atomic mass is 9.96. The maximum Gasteiger partial charge on any atom is 0.490 e. The first-order valence-electron chi connectivity index (χ1n) is 9.25. The first kappa shape index (κ1) is 23.1. The van der Waals surface area contributed by atoms with E-state index in [1.807, 2.05) is 42.6 Å². The monoisotopic (exact) mass is 467 g/mol. The van der Waals surface area contributed by atoms with Crippen molar-refractivity contribution in [1.82, 2.24) is 10.2 Å². The lowest BCUT2D eigenvalue weighted by molar-refractivity contribution is -0.192. The second kappa shape index (κ2) is 9.73. The Balaban J connectivity index is 0.000000360. The summed E-state index contributed by atoms with van der Waals surface area (Å²) in [4.78, 5) is 21.4. The largest absolute Gasteiger partial charge is 0.492 e. The highest BCUT2D eigenvalue weighted by molar-refractivity contribution is 6.30. The minimum Gasteiger partial charge on any atom is -0.492 e. The van der Waals surface area contributed by atoms with E-state index >= 15 is 0 Å². The van der Waals surface area contributed by atoms with Gasteiger partial charge in [-0.15, -0.1) is 0 Å². The van der Waals surface area contributed by atoms with Gasteiger partial charge in [-0.05, 0) is 47.9 Å². The third-order valence-corrected chi connectivity index (χ3v) is 4.76. The molecule has 0 bridgehead atoms. The van der Waals surface area contributed by atoms with E-state index in [4.69, 9.17) is 26.2 Å². The standard InChI is InChI=1S/C19H16ClN3O2.C2HF3O2/c20-16-3-6-18-13(8-16)7-14(11-25-18)19(24)23-17-4-1-12(2-5-17)15-9-21-22-10-15;3-2(4,5)1(6)7/h1-6,8-10,14H,7,11H2,(H,21,22)(H,23,24);(H,6,7). The van der Waals surface area contributed by atoms with Crippen LogP contribution in [0.5, 0.6) is 5.75 Å². The van der Waals surface area contributed by atoms with Crippen LogP contribution in [0.15, 0.2) is 54.9 Å². The molecule has 168 valence electrons. The van der Waals surface area contributed by atoms with Gasteiger partial charge in [0.1, 0.15) is 12.4 Å². The molecule has 1 atom stereocenters. The first-order valence-corrected chi connectivity index (χ1v) is 9.62. The Morgan fingerprint density at radius 3 is 2.44 bits per heavy atom. The number of anilines is 1. The molecule has 1 aliphatic heterocycles. The van der Waals surface area contributed by atoms with Crippen molar-refractivity contribution < 1.29 is 32.6 Å². The van der Waals surface area contributed by atoms with Gasteiger partial charge in [0, 0.05) is 22.5 Å². The molecule has 0 radical (unpaired) electrons. The molecular weight excluding hydrogens is 451 g/mol. The van der Waals surface area contributed by atoms with Crippen LogP contribution in [0.1, 0.15) is 5.56 Å². The van der Waals surface area contributed by atoms with Gasteiger partial charge in [-0.3, -0.25) is 9.89 Å². The molecule has 1 unspecified atom stereocenters. The number of amides is 1. The highest BCUT2D eigenvalue weighted by atomic mass is 35.5. The van der Waals surface area contributed by atoms with E-state index in [0.717, 1.165) is 28.1 Å². The normalized spacial score (nSPS) is 14.9. The zero-order chi connectivity index (χ0) is 23.3. The van der Waals surface area contributed by atoms with E-state index in [1.165, 1.54) is 0 Å². The van der Waals surface area contributed by atoms with Crippen LogP contribution in [-0.2, 0) is 16.0 Å². The van der Waals surface area contributed by atoms with Crippen LogP contribution in [0.25, 0.3) is 11.1 Å². The van der Waals surface area contributed by atoms with Crippen LogP contribution < -0.4 is 10.1 Å². The van der Waals surface area contributed by atoms with Gasteiger partial charge in [0.2, 0.25) is 5.91 Å². The van der Waals surface area contributed by atoms with Gasteiger partial charge in [0.25, 0.3) is 0 Å². The lowest BCUT2D eigenvalue weighted by Crippen LogP contribution is -2.32. The number of aliphatic carboxylic acids is 1. The number of aromatic nitrogens is 2. The molecule has 0 aliphatic carbocycles. The maximum absolute atomic E-state index is 12.5. The Labute approximate surface area is 185 Å². The Morgan fingerprint density at radius 2 is 1.84 bits per heavy atom. The highest BCUT2D eigenvalue weighted by Gasteiger charge is 2.38. The van der Waals surface area contributed by atoms with E-state index < -0.39 is 12.1 Å². The molecule has 7 nitrogen and oxygen atoms in total. The van der Waals surface area contributed by atoms with E-state index in [-0.39, 0.29) is 11.8 Å². The summed E-state index contributed by atoms with van der Waals surface area (Å²) < 4.78 is 37.4. The minimum atomic E-state index is -5.08. The number of carboxylic acids is 1. The number of carbonyl (C=O) groups is 2. The van der Waals surface area contributed by atoms with Crippen LogP contribution >= 0.6 is 11.6 Å². The van der Waals surface area contributed by atoms with Crippen LogP contribution in [0, 0.1) is 5.92 Å². The highest BCUT2D eigenvalue weighted by Crippen LogP contribution is 2.30. The Bertz CT molecular complexity index is 1090. The summed E-state index contributed by atoms with van der Waals surface area (Å²) in [7, 11) is 0. The fraction of sp³-hybridized carbons (Fsp3) is 0.190. The summed E-state index contributed by atoms with van der Waals surface area (Å²) in [6, 6.07) is 13.2.